The minimum Gasteiger partial charge on any atom is -0.497 e. The molecule has 21 heavy (non-hydrogen) atoms. The van der Waals surface area contributed by atoms with Gasteiger partial charge in [0.1, 0.15) is 19.0 Å². The molecule has 2 aromatic carbocycles. The van der Waals surface area contributed by atoms with E-state index >= 15 is 0 Å². The van der Waals surface area contributed by atoms with E-state index in [0.29, 0.717) is 13.2 Å². The first-order chi connectivity index (χ1) is 10.3. The first-order valence-electron chi connectivity index (χ1n) is 7.04. The van der Waals surface area contributed by atoms with Crippen molar-refractivity contribution in [1.29, 1.82) is 0 Å². The molecule has 4 nitrogen and oxygen atoms in total. The monoisotopic (exact) mass is 285 g/mol. The lowest BCUT2D eigenvalue weighted by atomic mass is 9.99. The Morgan fingerprint density at radius 1 is 1.05 bits per heavy atom. The third-order valence-corrected chi connectivity index (χ3v) is 3.61. The highest BCUT2D eigenvalue weighted by Gasteiger charge is 2.13. The van der Waals surface area contributed by atoms with Crippen LogP contribution >= 0.6 is 0 Å². The van der Waals surface area contributed by atoms with Crippen molar-refractivity contribution in [2.45, 2.75) is 12.5 Å². The summed E-state index contributed by atoms with van der Waals surface area (Å²) in [5.41, 5.74) is 8.51. The molecule has 110 valence electrons. The second-order valence-electron chi connectivity index (χ2n) is 5.06. The first-order valence-corrected chi connectivity index (χ1v) is 7.04. The third-order valence-electron chi connectivity index (χ3n) is 3.61. The van der Waals surface area contributed by atoms with Crippen LogP contribution in [0.15, 0.2) is 42.5 Å². The fraction of sp³-hybridized carbons (Fsp3) is 0.294. The van der Waals surface area contributed by atoms with Gasteiger partial charge in [-0.05, 0) is 41.8 Å². The van der Waals surface area contributed by atoms with E-state index in [4.69, 9.17) is 19.9 Å². The average Bonchev–Trinajstić information content (AvgIpc) is 2.55. The molecule has 2 N–H and O–H groups in total. The van der Waals surface area contributed by atoms with E-state index in [9.17, 15) is 0 Å². The smallest absolute Gasteiger partial charge is 0.161 e. The van der Waals surface area contributed by atoms with Crippen LogP contribution in [0, 0.1) is 0 Å². The Hall–Kier alpha value is -2.20. The maximum atomic E-state index is 6.28. The Bertz CT molecular complexity index is 610. The summed E-state index contributed by atoms with van der Waals surface area (Å²) in [5, 5.41) is 0. The van der Waals surface area contributed by atoms with Crippen molar-refractivity contribution in [3.05, 3.63) is 53.6 Å². The number of methoxy groups -OCH3 is 1. The largest absolute Gasteiger partial charge is 0.497 e. The molecule has 4 heteroatoms. The molecule has 3 rings (SSSR count). The van der Waals surface area contributed by atoms with Gasteiger partial charge in [-0.1, -0.05) is 18.2 Å². The number of ether oxygens (including phenoxy) is 3. The Kier molecular flexibility index (Phi) is 3.97. The Balaban J connectivity index is 1.72. The number of hydrogen-bond acceptors (Lipinski definition) is 4. The summed E-state index contributed by atoms with van der Waals surface area (Å²) in [4.78, 5) is 0. The number of nitrogens with two attached hydrogens (primary N) is 1. The van der Waals surface area contributed by atoms with Crippen molar-refractivity contribution in [3.63, 3.8) is 0 Å². The van der Waals surface area contributed by atoms with Crippen molar-refractivity contribution < 1.29 is 14.2 Å². The SMILES string of the molecule is COc1ccc(C(N)Cc2ccc3c(c2)OCCO3)cc1. The zero-order chi connectivity index (χ0) is 14.7. The van der Waals surface area contributed by atoms with Gasteiger partial charge in [-0.3, -0.25) is 0 Å². The van der Waals surface area contributed by atoms with E-state index in [1.807, 2.05) is 42.5 Å². The molecule has 0 amide bonds. The van der Waals surface area contributed by atoms with Crippen LogP contribution < -0.4 is 19.9 Å². The molecule has 1 atom stereocenters. The number of hydrogen-bond donors (Lipinski definition) is 1. The Morgan fingerprint density at radius 2 is 1.76 bits per heavy atom. The average molecular weight is 285 g/mol. The molecule has 0 radical (unpaired) electrons. The van der Waals surface area contributed by atoms with Crippen LogP contribution in [-0.4, -0.2) is 20.3 Å². The van der Waals surface area contributed by atoms with E-state index < -0.39 is 0 Å². The summed E-state index contributed by atoms with van der Waals surface area (Å²) in [6.07, 6.45) is 0.753. The molecule has 0 aromatic heterocycles. The fourth-order valence-corrected chi connectivity index (χ4v) is 2.44. The summed E-state index contributed by atoms with van der Waals surface area (Å²) in [7, 11) is 1.66. The molecule has 0 bridgehead atoms. The van der Waals surface area contributed by atoms with Gasteiger partial charge < -0.3 is 19.9 Å². The van der Waals surface area contributed by atoms with Crippen molar-refractivity contribution in [2.24, 2.45) is 5.73 Å². The molecule has 1 aliphatic rings. The van der Waals surface area contributed by atoms with Crippen LogP contribution in [0.4, 0.5) is 0 Å². The number of rotatable bonds is 4. The van der Waals surface area contributed by atoms with Crippen LogP contribution in [0.2, 0.25) is 0 Å². The minimum atomic E-state index is -0.0570. The van der Waals surface area contributed by atoms with Gasteiger partial charge in [0, 0.05) is 6.04 Å². The third kappa shape index (κ3) is 3.11. The lowest BCUT2D eigenvalue weighted by Gasteiger charge is -2.20. The zero-order valence-electron chi connectivity index (χ0n) is 12.0. The molecule has 0 saturated carbocycles. The number of fused-ring (bicyclic) bond motifs is 1. The molecule has 1 unspecified atom stereocenters. The Morgan fingerprint density at radius 3 is 2.48 bits per heavy atom. The second kappa shape index (κ2) is 6.06. The van der Waals surface area contributed by atoms with Crippen molar-refractivity contribution in [3.8, 4) is 17.2 Å². The normalized spacial score (nSPS) is 14.6. The summed E-state index contributed by atoms with van der Waals surface area (Å²) >= 11 is 0. The molecule has 0 fully saturated rings. The van der Waals surface area contributed by atoms with Crippen LogP contribution in [0.25, 0.3) is 0 Å². The van der Waals surface area contributed by atoms with Crippen molar-refractivity contribution >= 4 is 0 Å². The van der Waals surface area contributed by atoms with E-state index in [1.165, 1.54) is 0 Å². The van der Waals surface area contributed by atoms with E-state index in [0.717, 1.165) is 34.8 Å². The lowest BCUT2D eigenvalue weighted by Crippen LogP contribution is -2.16. The van der Waals surface area contributed by atoms with E-state index in [-0.39, 0.29) is 6.04 Å². The van der Waals surface area contributed by atoms with Gasteiger partial charge in [0.15, 0.2) is 11.5 Å². The molecule has 1 heterocycles. The van der Waals surface area contributed by atoms with E-state index in [1.54, 1.807) is 7.11 Å². The fourth-order valence-electron chi connectivity index (χ4n) is 2.44. The summed E-state index contributed by atoms with van der Waals surface area (Å²) in [6, 6.07) is 13.8. The number of benzene rings is 2. The second-order valence-corrected chi connectivity index (χ2v) is 5.06. The van der Waals surface area contributed by atoms with Crippen LogP contribution in [0.5, 0.6) is 17.2 Å². The molecule has 0 aliphatic carbocycles. The predicted molar refractivity (Wildman–Crippen MR) is 81.1 cm³/mol. The van der Waals surface area contributed by atoms with Gasteiger partial charge in [0.05, 0.1) is 7.11 Å². The molecule has 1 aliphatic heterocycles. The van der Waals surface area contributed by atoms with Gasteiger partial charge in [-0.15, -0.1) is 0 Å². The highest BCUT2D eigenvalue weighted by molar-refractivity contribution is 5.44. The lowest BCUT2D eigenvalue weighted by molar-refractivity contribution is 0.171. The van der Waals surface area contributed by atoms with Gasteiger partial charge in [-0.2, -0.15) is 0 Å². The zero-order valence-corrected chi connectivity index (χ0v) is 12.0. The highest BCUT2D eigenvalue weighted by Crippen LogP contribution is 2.32. The van der Waals surface area contributed by atoms with Gasteiger partial charge >= 0.3 is 0 Å². The van der Waals surface area contributed by atoms with Crippen molar-refractivity contribution in [2.75, 3.05) is 20.3 Å². The van der Waals surface area contributed by atoms with Crippen molar-refractivity contribution in [1.82, 2.24) is 0 Å². The Labute approximate surface area is 124 Å². The van der Waals surface area contributed by atoms with Gasteiger partial charge in [-0.25, -0.2) is 0 Å². The van der Waals surface area contributed by atoms with Crippen LogP contribution in [0.3, 0.4) is 0 Å². The maximum absolute atomic E-state index is 6.28. The molecule has 0 spiro atoms. The van der Waals surface area contributed by atoms with Gasteiger partial charge in [0.2, 0.25) is 0 Å². The molecule has 0 saturated heterocycles. The van der Waals surface area contributed by atoms with Crippen LogP contribution in [-0.2, 0) is 6.42 Å². The summed E-state index contributed by atoms with van der Waals surface area (Å²) < 4.78 is 16.3. The molecular formula is C17H19NO3. The van der Waals surface area contributed by atoms with Crippen LogP contribution in [0.1, 0.15) is 17.2 Å². The van der Waals surface area contributed by atoms with Gasteiger partial charge in [0.25, 0.3) is 0 Å². The minimum absolute atomic E-state index is 0.0570. The van der Waals surface area contributed by atoms with E-state index in [2.05, 4.69) is 0 Å². The topological polar surface area (TPSA) is 53.7 Å². The molecule has 2 aromatic rings. The summed E-state index contributed by atoms with van der Waals surface area (Å²) in [5.74, 6) is 2.45. The quantitative estimate of drug-likeness (QED) is 0.938. The maximum Gasteiger partial charge on any atom is 0.161 e. The predicted octanol–water partition coefficient (Wildman–Crippen LogP) is 2.71. The highest BCUT2D eigenvalue weighted by atomic mass is 16.6. The molecular weight excluding hydrogens is 266 g/mol. The first kappa shape index (κ1) is 13.8. The summed E-state index contributed by atoms with van der Waals surface area (Å²) in [6.45, 7) is 1.21. The standard InChI is InChI=1S/C17H19NO3/c1-19-14-5-3-13(4-6-14)15(18)10-12-2-7-16-17(11-12)21-9-8-20-16/h2-7,11,15H,8-10,18H2,1H3.